The van der Waals surface area contributed by atoms with Gasteiger partial charge in [-0.2, -0.15) is 0 Å². The van der Waals surface area contributed by atoms with Gasteiger partial charge in [-0.15, -0.1) is 11.6 Å². The number of rotatable bonds is 4. The second kappa shape index (κ2) is 7.10. The standard InChI is InChI=1S/C15H12BrCl3O2/c1-20-13-7-12(16)14(21-2)6-11(13)15(19)8-3-9(17)5-10(18)4-8/h3-7,15H,1-2H3. The van der Waals surface area contributed by atoms with Crippen molar-refractivity contribution >= 4 is 50.7 Å². The number of ether oxygens (including phenoxy) is 2. The largest absolute Gasteiger partial charge is 0.496 e. The van der Waals surface area contributed by atoms with Gasteiger partial charge in [0.2, 0.25) is 0 Å². The predicted molar refractivity (Wildman–Crippen MR) is 91.4 cm³/mol. The van der Waals surface area contributed by atoms with Crippen LogP contribution in [0, 0.1) is 0 Å². The van der Waals surface area contributed by atoms with Crippen LogP contribution in [0.1, 0.15) is 16.5 Å². The van der Waals surface area contributed by atoms with E-state index < -0.39 is 5.38 Å². The molecule has 0 aliphatic heterocycles. The molecule has 0 amide bonds. The van der Waals surface area contributed by atoms with E-state index in [1.807, 2.05) is 12.1 Å². The molecule has 2 aromatic rings. The monoisotopic (exact) mass is 408 g/mol. The van der Waals surface area contributed by atoms with Gasteiger partial charge in [0, 0.05) is 15.6 Å². The summed E-state index contributed by atoms with van der Waals surface area (Å²) in [5.41, 5.74) is 1.56. The Morgan fingerprint density at radius 1 is 0.905 bits per heavy atom. The van der Waals surface area contributed by atoms with Crippen molar-refractivity contribution in [2.24, 2.45) is 0 Å². The Morgan fingerprint density at radius 3 is 2.00 bits per heavy atom. The van der Waals surface area contributed by atoms with Crippen molar-refractivity contribution in [3.05, 3.63) is 56.0 Å². The number of hydrogen-bond donors (Lipinski definition) is 0. The molecule has 0 heterocycles. The molecule has 2 rings (SSSR count). The lowest BCUT2D eigenvalue weighted by molar-refractivity contribution is 0.397. The summed E-state index contributed by atoms with van der Waals surface area (Å²) in [7, 11) is 3.18. The van der Waals surface area contributed by atoms with E-state index in [0.717, 1.165) is 15.6 Å². The summed E-state index contributed by atoms with van der Waals surface area (Å²) in [6, 6.07) is 8.86. The maximum absolute atomic E-state index is 6.57. The van der Waals surface area contributed by atoms with Crippen LogP contribution in [0.2, 0.25) is 10.0 Å². The van der Waals surface area contributed by atoms with Gasteiger partial charge in [0.1, 0.15) is 11.5 Å². The molecule has 0 radical (unpaired) electrons. The number of methoxy groups -OCH3 is 2. The molecule has 0 saturated heterocycles. The van der Waals surface area contributed by atoms with Crippen LogP contribution in [-0.2, 0) is 0 Å². The van der Waals surface area contributed by atoms with E-state index >= 15 is 0 Å². The SMILES string of the molecule is COc1cc(C(Cl)c2cc(Cl)cc(Cl)c2)c(OC)cc1Br. The molecule has 0 saturated carbocycles. The maximum Gasteiger partial charge on any atom is 0.133 e. The number of hydrogen-bond acceptors (Lipinski definition) is 2. The first kappa shape index (κ1) is 16.8. The van der Waals surface area contributed by atoms with Crippen molar-refractivity contribution in [2.45, 2.75) is 5.38 Å². The van der Waals surface area contributed by atoms with Gasteiger partial charge in [0.25, 0.3) is 0 Å². The van der Waals surface area contributed by atoms with Gasteiger partial charge < -0.3 is 9.47 Å². The maximum atomic E-state index is 6.57. The lowest BCUT2D eigenvalue weighted by Gasteiger charge is -2.17. The van der Waals surface area contributed by atoms with E-state index in [1.165, 1.54) is 0 Å². The number of benzene rings is 2. The smallest absolute Gasteiger partial charge is 0.133 e. The highest BCUT2D eigenvalue weighted by molar-refractivity contribution is 9.10. The second-order valence-corrected chi connectivity index (χ2v) is 6.46. The Labute approximate surface area is 147 Å². The fraction of sp³-hybridized carbons (Fsp3) is 0.200. The molecule has 6 heteroatoms. The first-order chi connectivity index (χ1) is 9.96. The summed E-state index contributed by atoms with van der Waals surface area (Å²) in [5, 5.41) is 0.607. The first-order valence-electron chi connectivity index (χ1n) is 5.97. The minimum Gasteiger partial charge on any atom is -0.496 e. The third-order valence-electron chi connectivity index (χ3n) is 2.95. The molecule has 0 fully saturated rings. The zero-order valence-electron chi connectivity index (χ0n) is 11.3. The molecule has 1 atom stereocenters. The predicted octanol–water partition coefficient (Wildman–Crippen LogP) is 6.10. The molecular weight excluding hydrogens is 398 g/mol. The van der Waals surface area contributed by atoms with Crippen LogP contribution in [0.3, 0.4) is 0 Å². The van der Waals surface area contributed by atoms with Gasteiger partial charge >= 0.3 is 0 Å². The topological polar surface area (TPSA) is 18.5 Å². The Kier molecular flexibility index (Phi) is 5.67. The van der Waals surface area contributed by atoms with Crippen molar-refractivity contribution in [2.75, 3.05) is 14.2 Å². The minimum atomic E-state index is -0.460. The number of halogens is 4. The first-order valence-corrected chi connectivity index (χ1v) is 7.96. The summed E-state index contributed by atoms with van der Waals surface area (Å²) in [6.07, 6.45) is 0. The van der Waals surface area contributed by atoms with Crippen LogP contribution in [0.5, 0.6) is 11.5 Å². The molecule has 0 aliphatic rings. The van der Waals surface area contributed by atoms with Gasteiger partial charge in [0.15, 0.2) is 0 Å². The van der Waals surface area contributed by atoms with E-state index in [9.17, 15) is 0 Å². The van der Waals surface area contributed by atoms with E-state index in [0.29, 0.717) is 21.5 Å². The summed E-state index contributed by atoms with van der Waals surface area (Å²) < 4.78 is 11.5. The Morgan fingerprint density at radius 2 is 1.48 bits per heavy atom. The van der Waals surface area contributed by atoms with Gasteiger partial charge in [-0.1, -0.05) is 23.2 Å². The summed E-state index contributed by atoms with van der Waals surface area (Å²) in [6.45, 7) is 0. The van der Waals surface area contributed by atoms with Crippen LogP contribution in [-0.4, -0.2) is 14.2 Å². The molecule has 1 unspecified atom stereocenters. The second-order valence-electron chi connectivity index (χ2n) is 4.29. The Bertz CT molecular complexity index is 641. The van der Waals surface area contributed by atoms with E-state index in [2.05, 4.69) is 15.9 Å². The van der Waals surface area contributed by atoms with Crippen molar-refractivity contribution < 1.29 is 9.47 Å². The lowest BCUT2D eigenvalue weighted by atomic mass is 10.0. The molecular formula is C15H12BrCl3O2. The zero-order valence-corrected chi connectivity index (χ0v) is 15.1. The van der Waals surface area contributed by atoms with Gasteiger partial charge in [-0.3, -0.25) is 0 Å². The normalized spacial score (nSPS) is 12.1. The van der Waals surface area contributed by atoms with Crippen molar-refractivity contribution in [3.8, 4) is 11.5 Å². The minimum absolute atomic E-state index is 0.460. The molecule has 0 N–H and O–H groups in total. The van der Waals surface area contributed by atoms with Crippen LogP contribution in [0.15, 0.2) is 34.8 Å². The van der Waals surface area contributed by atoms with Crippen molar-refractivity contribution in [3.63, 3.8) is 0 Å². The third kappa shape index (κ3) is 3.78. The van der Waals surface area contributed by atoms with E-state index in [4.69, 9.17) is 44.3 Å². The van der Waals surface area contributed by atoms with Crippen molar-refractivity contribution in [1.82, 2.24) is 0 Å². The molecule has 0 aliphatic carbocycles. The highest BCUT2D eigenvalue weighted by Crippen LogP contribution is 2.41. The molecule has 0 bridgehead atoms. The summed E-state index contributed by atoms with van der Waals surface area (Å²) >= 11 is 22.1. The molecule has 2 aromatic carbocycles. The fourth-order valence-electron chi connectivity index (χ4n) is 1.98. The van der Waals surface area contributed by atoms with Crippen LogP contribution < -0.4 is 9.47 Å². The van der Waals surface area contributed by atoms with Gasteiger partial charge in [-0.05, 0) is 51.8 Å². The third-order valence-corrected chi connectivity index (χ3v) is 4.50. The average molecular weight is 411 g/mol. The number of alkyl halides is 1. The van der Waals surface area contributed by atoms with E-state index in [-0.39, 0.29) is 0 Å². The quantitative estimate of drug-likeness (QED) is 0.567. The zero-order chi connectivity index (χ0) is 15.6. The molecule has 2 nitrogen and oxygen atoms in total. The van der Waals surface area contributed by atoms with Crippen LogP contribution in [0.4, 0.5) is 0 Å². The Balaban J connectivity index is 2.53. The van der Waals surface area contributed by atoms with Gasteiger partial charge in [-0.25, -0.2) is 0 Å². The summed E-state index contributed by atoms with van der Waals surface area (Å²) in [5.74, 6) is 1.32. The van der Waals surface area contributed by atoms with Crippen LogP contribution >= 0.6 is 50.7 Å². The average Bonchev–Trinajstić information content (AvgIpc) is 2.45. The Hall–Kier alpha value is -0.610. The van der Waals surface area contributed by atoms with Gasteiger partial charge in [0.05, 0.1) is 24.1 Å². The fourth-order valence-corrected chi connectivity index (χ4v) is 3.31. The van der Waals surface area contributed by atoms with Crippen molar-refractivity contribution in [1.29, 1.82) is 0 Å². The van der Waals surface area contributed by atoms with E-state index in [1.54, 1.807) is 32.4 Å². The molecule has 0 spiro atoms. The molecule has 21 heavy (non-hydrogen) atoms. The highest BCUT2D eigenvalue weighted by atomic mass is 79.9. The summed E-state index contributed by atoms with van der Waals surface area (Å²) in [4.78, 5) is 0. The molecule has 0 aromatic heterocycles. The lowest BCUT2D eigenvalue weighted by Crippen LogP contribution is -1.99. The highest BCUT2D eigenvalue weighted by Gasteiger charge is 2.19. The molecule has 112 valence electrons. The van der Waals surface area contributed by atoms with Crippen LogP contribution in [0.25, 0.3) is 0 Å².